The van der Waals surface area contributed by atoms with Crippen LogP contribution in [0.1, 0.15) is 18.9 Å². The number of carbonyl (C=O) groups excluding carboxylic acids is 1. The molecule has 1 aromatic carbocycles. The van der Waals surface area contributed by atoms with Crippen molar-refractivity contribution in [2.45, 2.75) is 32.9 Å². The van der Waals surface area contributed by atoms with Gasteiger partial charge in [0.05, 0.1) is 17.2 Å². The van der Waals surface area contributed by atoms with E-state index in [-0.39, 0.29) is 29.9 Å². The number of hydrogen-bond acceptors (Lipinski definition) is 4. The number of para-hydroxylation sites is 1. The number of carbonyl (C=O) groups is 1. The summed E-state index contributed by atoms with van der Waals surface area (Å²) >= 11 is 0. The van der Waals surface area contributed by atoms with Gasteiger partial charge in [-0.1, -0.05) is 12.1 Å². The van der Waals surface area contributed by atoms with Crippen LogP contribution >= 0.6 is 12.4 Å². The molecule has 1 saturated heterocycles. The first kappa shape index (κ1) is 18.4. The lowest BCUT2D eigenvalue weighted by Gasteiger charge is -2.34. The Morgan fingerprint density at radius 2 is 2.21 bits per heavy atom. The van der Waals surface area contributed by atoms with Crippen LogP contribution < -0.4 is 10.9 Å². The summed E-state index contributed by atoms with van der Waals surface area (Å²) in [4.78, 5) is 31.2. The first-order valence-electron chi connectivity index (χ1n) is 8.03. The van der Waals surface area contributed by atoms with Crippen LogP contribution in [0.5, 0.6) is 0 Å². The van der Waals surface area contributed by atoms with E-state index < -0.39 is 0 Å². The molecule has 1 N–H and O–H groups in total. The summed E-state index contributed by atoms with van der Waals surface area (Å²) in [6, 6.07) is 5.78. The van der Waals surface area contributed by atoms with Crippen LogP contribution in [0.25, 0.3) is 10.9 Å². The zero-order chi connectivity index (χ0) is 16.4. The second kappa shape index (κ2) is 7.77. The third-order valence-electron chi connectivity index (χ3n) is 4.44. The fourth-order valence-electron chi connectivity index (χ4n) is 3.07. The number of amides is 1. The van der Waals surface area contributed by atoms with Gasteiger partial charge in [0.15, 0.2) is 0 Å². The fraction of sp³-hybridized carbons (Fsp3) is 0.471. The second-order valence-electron chi connectivity index (χ2n) is 6.10. The number of aryl methyl sites for hydroxylation is 2. The number of nitrogens with one attached hydrogen (secondary N) is 1. The van der Waals surface area contributed by atoms with Crippen LogP contribution in [0, 0.1) is 6.92 Å². The van der Waals surface area contributed by atoms with Gasteiger partial charge in [-0.25, -0.2) is 4.98 Å². The van der Waals surface area contributed by atoms with Crippen molar-refractivity contribution < 1.29 is 4.79 Å². The molecule has 0 aliphatic carbocycles. The number of rotatable bonds is 3. The van der Waals surface area contributed by atoms with Crippen LogP contribution in [0.4, 0.5) is 0 Å². The topological polar surface area (TPSA) is 67.2 Å². The summed E-state index contributed by atoms with van der Waals surface area (Å²) < 4.78 is 1.53. The average Bonchev–Trinajstić information content (AvgIpc) is 2.55. The van der Waals surface area contributed by atoms with E-state index in [0.717, 1.165) is 30.7 Å². The molecule has 0 spiro atoms. The van der Waals surface area contributed by atoms with E-state index in [2.05, 4.69) is 10.3 Å². The van der Waals surface area contributed by atoms with Crippen molar-refractivity contribution in [2.75, 3.05) is 19.6 Å². The van der Waals surface area contributed by atoms with Crippen molar-refractivity contribution >= 4 is 29.2 Å². The number of aromatic nitrogens is 2. The Hall–Kier alpha value is -1.92. The maximum atomic E-state index is 12.5. The lowest BCUT2D eigenvalue weighted by Crippen LogP contribution is -2.52. The minimum Gasteiger partial charge on any atom is -0.337 e. The van der Waals surface area contributed by atoms with Crippen molar-refractivity contribution in [3.05, 3.63) is 40.4 Å². The molecule has 3 rings (SSSR count). The summed E-state index contributed by atoms with van der Waals surface area (Å²) in [5, 5.41) is 3.88. The molecule has 1 aromatic heterocycles. The molecule has 2 heterocycles. The maximum Gasteiger partial charge on any atom is 0.261 e. The Morgan fingerprint density at radius 1 is 1.42 bits per heavy atom. The summed E-state index contributed by atoms with van der Waals surface area (Å²) in [7, 11) is 0. The predicted molar refractivity (Wildman–Crippen MR) is 96.6 cm³/mol. The molecule has 0 saturated carbocycles. The molecular formula is C17H23ClN4O2. The third kappa shape index (κ3) is 3.60. The molecule has 1 fully saturated rings. The largest absolute Gasteiger partial charge is 0.337 e. The Bertz CT molecular complexity index is 790. The summed E-state index contributed by atoms with van der Waals surface area (Å²) in [6.07, 6.45) is 1.87. The van der Waals surface area contributed by atoms with E-state index in [1.807, 2.05) is 30.9 Å². The standard InChI is InChI=1S/C17H22N4O2.ClH/c1-12-4-3-5-14-16(12)19-11-20(17(14)23)8-6-15(22)21-9-7-18-10-13(21)2;/h3-5,11,13,18H,6-10H2,1-2H3;1H/t13-;/m1./s1. The van der Waals surface area contributed by atoms with E-state index in [1.165, 1.54) is 4.57 Å². The second-order valence-corrected chi connectivity index (χ2v) is 6.10. The number of benzene rings is 1. The zero-order valence-corrected chi connectivity index (χ0v) is 14.8. The molecule has 1 aliphatic rings. The summed E-state index contributed by atoms with van der Waals surface area (Å²) in [5.41, 5.74) is 1.63. The van der Waals surface area contributed by atoms with Gasteiger partial charge in [0.2, 0.25) is 5.91 Å². The van der Waals surface area contributed by atoms with Crippen LogP contribution in [-0.2, 0) is 11.3 Å². The lowest BCUT2D eigenvalue weighted by molar-refractivity contribution is -0.134. The molecule has 1 amide bonds. The Balaban J connectivity index is 0.00000208. The Morgan fingerprint density at radius 3 is 2.96 bits per heavy atom. The number of hydrogen-bond donors (Lipinski definition) is 1. The van der Waals surface area contributed by atoms with Crippen LogP contribution in [0.15, 0.2) is 29.3 Å². The van der Waals surface area contributed by atoms with Gasteiger partial charge in [0, 0.05) is 38.6 Å². The van der Waals surface area contributed by atoms with Crippen LogP contribution in [0.2, 0.25) is 0 Å². The molecule has 1 aliphatic heterocycles. The normalized spacial score (nSPS) is 17.6. The highest BCUT2D eigenvalue weighted by Gasteiger charge is 2.22. The summed E-state index contributed by atoms with van der Waals surface area (Å²) in [6.45, 7) is 6.72. The van der Waals surface area contributed by atoms with Gasteiger partial charge in [-0.05, 0) is 25.5 Å². The van der Waals surface area contributed by atoms with Gasteiger partial charge in [-0.2, -0.15) is 0 Å². The van der Waals surface area contributed by atoms with E-state index in [4.69, 9.17) is 0 Å². The number of nitrogens with zero attached hydrogens (tertiary/aromatic N) is 3. The van der Waals surface area contributed by atoms with Crippen molar-refractivity contribution in [3.8, 4) is 0 Å². The van der Waals surface area contributed by atoms with E-state index in [9.17, 15) is 9.59 Å². The molecule has 0 radical (unpaired) electrons. The first-order chi connectivity index (χ1) is 11.1. The van der Waals surface area contributed by atoms with E-state index >= 15 is 0 Å². The van der Waals surface area contributed by atoms with Gasteiger partial charge >= 0.3 is 0 Å². The monoisotopic (exact) mass is 350 g/mol. The smallest absolute Gasteiger partial charge is 0.261 e. The van der Waals surface area contributed by atoms with Gasteiger partial charge in [-0.3, -0.25) is 14.2 Å². The molecule has 130 valence electrons. The highest BCUT2D eigenvalue weighted by molar-refractivity contribution is 5.85. The maximum absolute atomic E-state index is 12.5. The quantitative estimate of drug-likeness (QED) is 0.907. The fourth-order valence-corrected chi connectivity index (χ4v) is 3.07. The SMILES string of the molecule is Cc1cccc2c(=O)n(CCC(=O)N3CCNC[C@H]3C)cnc12.Cl. The molecular weight excluding hydrogens is 328 g/mol. The highest BCUT2D eigenvalue weighted by Crippen LogP contribution is 2.11. The van der Waals surface area contributed by atoms with Crippen LogP contribution in [-0.4, -0.2) is 46.0 Å². The molecule has 1 atom stereocenters. The minimum atomic E-state index is -0.0835. The number of fused-ring (bicyclic) bond motifs is 1. The van der Waals surface area contributed by atoms with Gasteiger partial charge in [0.25, 0.3) is 5.56 Å². The van der Waals surface area contributed by atoms with Crippen molar-refractivity contribution in [3.63, 3.8) is 0 Å². The predicted octanol–water partition coefficient (Wildman–Crippen LogP) is 1.34. The van der Waals surface area contributed by atoms with Crippen molar-refractivity contribution in [2.24, 2.45) is 0 Å². The zero-order valence-electron chi connectivity index (χ0n) is 14.0. The van der Waals surface area contributed by atoms with Crippen molar-refractivity contribution in [1.82, 2.24) is 19.8 Å². The average molecular weight is 351 g/mol. The van der Waals surface area contributed by atoms with Crippen molar-refractivity contribution in [1.29, 1.82) is 0 Å². The molecule has 7 heteroatoms. The lowest BCUT2D eigenvalue weighted by atomic mass is 10.1. The third-order valence-corrected chi connectivity index (χ3v) is 4.44. The number of piperazine rings is 1. The van der Waals surface area contributed by atoms with E-state index in [1.54, 1.807) is 12.4 Å². The molecule has 6 nitrogen and oxygen atoms in total. The highest BCUT2D eigenvalue weighted by atomic mass is 35.5. The minimum absolute atomic E-state index is 0. The van der Waals surface area contributed by atoms with Gasteiger partial charge in [-0.15, -0.1) is 12.4 Å². The van der Waals surface area contributed by atoms with Gasteiger partial charge in [0.1, 0.15) is 0 Å². The van der Waals surface area contributed by atoms with Gasteiger partial charge < -0.3 is 10.2 Å². The number of halogens is 1. The Kier molecular flexibility index (Phi) is 5.96. The van der Waals surface area contributed by atoms with Crippen LogP contribution in [0.3, 0.4) is 0 Å². The first-order valence-corrected chi connectivity index (χ1v) is 8.03. The molecule has 0 unspecified atom stereocenters. The summed E-state index contributed by atoms with van der Waals surface area (Å²) in [5.74, 6) is 0.0928. The molecule has 2 aromatic rings. The Labute approximate surface area is 147 Å². The molecule has 0 bridgehead atoms. The molecule has 24 heavy (non-hydrogen) atoms. The van der Waals surface area contributed by atoms with E-state index in [0.29, 0.717) is 18.4 Å².